The zero-order chi connectivity index (χ0) is 6.91. The van der Waals surface area contributed by atoms with Gasteiger partial charge in [-0.15, -0.1) is 0 Å². The molecule has 1 heteroatoms. The molecule has 1 fully saturated rings. The number of hydrogen-bond donors (Lipinski definition) is 0. The molecule has 0 spiro atoms. The van der Waals surface area contributed by atoms with Gasteiger partial charge in [-0.1, -0.05) is 6.92 Å². The standard InChI is InChI=1S/C8H16O/c1-7-5-4-6-9-8(7,2)3/h7H,4-6H2,1-3H3. The summed E-state index contributed by atoms with van der Waals surface area (Å²) < 4.78 is 5.58. The fourth-order valence-electron chi connectivity index (χ4n) is 1.21. The van der Waals surface area contributed by atoms with Crippen LogP contribution in [0.4, 0.5) is 0 Å². The Morgan fingerprint density at radius 1 is 1.44 bits per heavy atom. The second-order valence-corrected chi connectivity index (χ2v) is 3.50. The first kappa shape index (κ1) is 7.07. The normalized spacial score (nSPS) is 34.3. The molecule has 1 rings (SSSR count). The molecule has 1 nitrogen and oxygen atoms in total. The number of ether oxygens (including phenoxy) is 1. The van der Waals surface area contributed by atoms with Crippen molar-refractivity contribution in [1.29, 1.82) is 0 Å². The lowest BCUT2D eigenvalue weighted by molar-refractivity contribution is -0.0875. The highest BCUT2D eigenvalue weighted by atomic mass is 16.5. The average Bonchev–Trinajstić information content (AvgIpc) is 1.77. The van der Waals surface area contributed by atoms with Gasteiger partial charge in [-0.2, -0.15) is 0 Å². The summed E-state index contributed by atoms with van der Waals surface area (Å²) in [6.45, 7) is 7.57. The first-order chi connectivity index (χ1) is 4.13. The molecule has 0 aromatic heterocycles. The van der Waals surface area contributed by atoms with Crippen molar-refractivity contribution in [2.24, 2.45) is 5.92 Å². The molecule has 0 radical (unpaired) electrons. The van der Waals surface area contributed by atoms with Crippen LogP contribution in [0.3, 0.4) is 0 Å². The van der Waals surface area contributed by atoms with Crippen molar-refractivity contribution in [3.8, 4) is 0 Å². The number of hydrogen-bond acceptors (Lipinski definition) is 1. The van der Waals surface area contributed by atoms with Gasteiger partial charge in [0.05, 0.1) is 5.60 Å². The summed E-state index contributed by atoms with van der Waals surface area (Å²) in [6.07, 6.45) is 2.57. The summed E-state index contributed by atoms with van der Waals surface area (Å²) >= 11 is 0. The SMILES string of the molecule is CC1CCCOC1(C)C. The van der Waals surface area contributed by atoms with E-state index in [1.807, 2.05) is 0 Å². The molecule has 9 heavy (non-hydrogen) atoms. The monoisotopic (exact) mass is 128 g/mol. The summed E-state index contributed by atoms with van der Waals surface area (Å²) in [5.74, 6) is 0.728. The maximum Gasteiger partial charge on any atom is 0.0651 e. The molecule has 1 heterocycles. The highest BCUT2D eigenvalue weighted by Gasteiger charge is 2.29. The van der Waals surface area contributed by atoms with Gasteiger partial charge in [-0.05, 0) is 32.6 Å². The van der Waals surface area contributed by atoms with Crippen LogP contribution < -0.4 is 0 Å². The van der Waals surface area contributed by atoms with Gasteiger partial charge < -0.3 is 4.74 Å². The second-order valence-electron chi connectivity index (χ2n) is 3.50. The lowest BCUT2D eigenvalue weighted by atomic mass is 9.87. The highest BCUT2D eigenvalue weighted by molar-refractivity contribution is 4.79. The van der Waals surface area contributed by atoms with E-state index in [4.69, 9.17) is 4.74 Å². The predicted octanol–water partition coefficient (Wildman–Crippen LogP) is 2.21. The van der Waals surface area contributed by atoms with E-state index >= 15 is 0 Å². The second kappa shape index (κ2) is 2.30. The van der Waals surface area contributed by atoms with Crippen molar-refractivity contribution in [3.05, 3.63) is 0 Å². The van der Waals surface area contributed by atoms with Gasteiger partial charge in [-0.3, -0.25) is 0 Å². The molecule has 0 bridgehead atoms. The van der Waals surface area contributed by atoms with Crippen LogP contribution in [0, 0.1) is 5.92 Å². The predicted molar refractivity (Wildman–Crippen MR) is 38.4 cm³/mol. The van der Waals surface area contributed by atoms with Gasteiger partial charge in [0, 0.05) is 6.61 Å². The lowest BCUT2D eigenvalue weighted by Gasteiger charge is -2.36. The van der Waals surface area contributed by atoms with E-state index in [1.54, 1.807) is 0 Å². The van der Waals surface area contributed by atoms with E-state index in [0.717, 1.165) is 12.5 Å². The molecular formula is C8H16O. The van der Waals surface area contributed by atoms with E-state index < -0.39 is 0 Å². The smallest absolute Gasteiger partial charge is 0.0651 e. The van der Waals surface area contributed by atoms with Crippen LogP contribution in [0.25, 0.3) is 0 Å². The Hall–Kier alpha value is -0.0400. The minimum absolute atomic E-state index is 0.137. The van der Waals surface area contributed by atoms with E-state index in [0.29, 0.717) is 0 Å². The average molecular weight is 128 g/mol. The minimum Gasteiger partial charge on any atom is -0.375 e. The van der Waals surface area contributed by atoms with Crippen LogP contribution in [-0.4, -0.2) is 12.2 Å². The molecule has 0 aromatic rings. The third-order valence-corrected chi connectivity index (χ3v) is 2.44. The molecule has 0 N–H and O–H groups in total. The zero-order valence-corrected chi connectivity index (χ0v) is 6.61. The first-order valence-electron chi connectivity index (χ1n) is 3.77. The molecule has 0 saturated carbocycles. The van der Waals surface area contributed by atoms with Crippen LogP contribution in [0.15, 0.2) is 0 Å². The summed E-state index contributed by atoms with van der Waals surface area (Å²) in [4.78, 5) is 0. The van der Waals surface area contributed by atoms with Crippen molar-refractivity contribution in [1.82, 2.24) is 0 Å². The highest BCUT2D eigenvalue weighted by Crippen LogP contribution is 2.29. The van der Waals surface area contributed by atoms with E-state index in [-0.39, 0.29) is 5.60 Å². The molecule has 1 unspecified atom stereocenters. The molecule has 1 aliphatic heterocycles. The Bertz CT molecular complexity index is 96.7. The fourth-order valence-corrected chi connectivity index (χ4v) is 1.21. The molecule has 0 amide bonds. The molecule has 0 aliphatic carbocycles. The summed E-state index contributed by atoms with van der Waals surface area (Å²) in [5.41, 5.74) is 0.137. The van der Waals surface area contributed by atoms with Crippen molar-refractivity contribution >= 4 is 0 Å². The quantitative estimate of drug-likeness (QED) is 0.486. The van der Waals surface area contributed by atoms with Crippen LogP contribution in [0.5, 0.6) is 0 Å². The maximum absolute atomic E-state index is 5.58. The van der Waals surface area contributed by atoms with Gasteiger partial charge in [0.1, 0.15) is 0 Å². The Morgan fingerprint density at radius 2 is 2.11 bits per heavy atom. The third kappa shape index (κ3) is 1.45. The summed E-state index contributed by atoms with van der Waals surface area (Å²) in [6, 6.07) is 0. The van der Waals surface area contributed by atoms with E-state index in [2.05, 4.69) is 20.8 Å². The molecule has 0 aromatic carbocycles. The van der Waals surface area contributed by atoms with Crippen molar-refractivity contribution in [2.75, 3.05) is 6.61 Å². The summed E-state index contributed by atoms with van der Waals surface area (Å²) in [7, 11) is 0. The van der Waals surface area contributed by atoms with Crippen LogP contribution in [0.2, 0.25) is 0 Å². The van der Waals surface area contributed by atoms with Gasteiger partial charge in [0.15, 0.2) is 0 Å². The Morgan fingerprint density at radius 3 is 2.44 bits per heavy atom. The zero-order valence-electron chi connectivity index (χ0n) is 6.61. The fraction of sp³-hybridized carbons (Fsp3) is 1.00. The molecule has 1 aliphatic rings. The van der Waals surface area contributed by atoms with Crippen molar-refractivity contribution < 1.29 is 4.74 Å². The number of rotatable bonds is 0. The summed E-state index contributed by atoms with van der Waals surface area (Å²) in [5, 5.41) is 0. The van der Waals surface area contributed by atoms with Crippen LogP contribution in [0.1, 0.15) is 33.6 Å². The third-order valence-electron chi connectivity index (χ3n) is 2.44. The van der Waals surface area contributed by atoms with Gasteiger partial charge in [-0.25, -0.2) is 0 Å². The Kier molecular flexibility index (Phi) is 1.80. The first-order valence-corrected chi connectivity index (χ1v) is 3.77. The van der Waals surface area contributed by atoms with E-state index in [1.165, 1.54) is 12.8 Å². The maximum atomic E-state index is 5.58. The molecule has 1 atom stereocenters. The van der Waals surface area contributed by atoms with Gasteiger partial charge >= 0.3 is 0 Å². The molecular weight excluding hydrogens is 112 g/mol. The minimum atomic E-state index is 0.137. The van der Waals surface area contributed by atoms with Crippen molar-refractivity contribution in [3.63, 3.8) is 0 Å². The van der Waals surface area contributed by atoms with Crippen LogP contribution in [-0.2, 0) is 4.74 Å². The molecule has 54 valence electrons. The van der Waals surface area contributed by atoms with Crippen molar-refractivity contribution in [2.45, 2.75) is 39.2 Å². The topological polar surface area (TPSA) is 9.23 Å². The lowest BCUT2D eigenvalue weighted by Crippen LogP contribution is -2.36. The molecule has 1 saturated heterocycles. The van der Waals surface area contributed by atoms with Gasteiger partial charge in [0.25, 0.3) is 0 Å². The largest absolute Gasteiger partial charge is 0.375 e. The van der Waals surface area contributed by atoms with E-state index in [9.17, 15) is 0 Å². The van der Waals surface area contributed by atoms with Crippen LogP contribution >= 0.6 is 0 Å². The van der Waals surface area contributed by atoms with Gasteiger partial charge in [0.2, 0.25) is 0 Å². The Labute approximate surface area is 57.4 Å². The Balaban J connectivity index is 2.49.